The average Bonchev–Trinajstić information content (AvgIpc) is 2.19. The van der Waals surface area contributed by atoms with Crippen molar-refractivity contribution >= 4 is 17.2 Å². The molecule has 0 aliphatic carbocycles. The Bertz CT molecular complexity index is 480. The molecule has 0 fully saturated rings. The summed E-state index contributed by atoms with van der Waals surface area (Å²) in [6.45, 7) is -0.250. The van der Waals surface area contributed by atoms with Crippen LogP contribution in [0.3, 0.4) is 0 Å². The smallest absolute Gasteiger partial charge is 0.290 e. The summed E-state index contributed by atoms with van der Waals surface area (Å²) in [5.74, 6) is 0. The number of nitrogens with one attached hydrogen (secondary N) is 1. The minimum absolute atomic E-state index is 0.120. The first kappa shape index (κ1) is 9.85. The van der Waals surface area contributed by atoms with Gasteiger partial charge >= 0.3 is 0 Å². The molecule has 0 radical (unpaired) electrons. The van der Waals surface area contributed by atoms with Crippen LogP contribution in [0.25, 0.3) is 10.8 Å². The lowest BCUT2D eigenvalue weighted by atomic mass is 10.3. The van der Waals surface area contributed by atoms with Crippen molar-refractivity contribution in [2.24, 2.45) is 0 Å². The fourth-order valence-corrected chi connectivity index (χ4v) is 0.913. The molecule has 0 amide bonds. The molecule has 0 aliphatic heterocycles. The third-order valence-electron chi connectivity index (χ3n) is 1.45. The number of aromatic amines is 1. The molecule has 2 N–H and O–H groups in total. The molecule has 6 heteroatoms. The number of hydrogen-bond acceptors (Lipinski definition) is 4. The largest absolute Gasteiger partial charge is 0.483 e. The molecule has 0 atom stereocenters. The van der Waals surface area contributed by atoms with Crippen LogP contribution < -0.4 is 5.56 Å². The summed E-state index contributed by atoms with van der Waals surface area (Å²) in [5, 5.41) is 15.9. The lowest BCUT2D eigenvalue weighted by Crippen LogP contribution is -2.01. The van der Waals surface area contributed by atoms with Crippen LogP contribution in [0.4, 0.5) is 0 Å². The molecule has 2 aromatic heterocycles. The van der Waals surface area contributed by atoms with Gasteiger partial charge in [0.25, 0.3) is 6.47 Å². The van der Waals surface area contributed by atoms with Crippen LogP contribution in [0.15, 0.2) is 29.5 Å². The van der Waals surface area contributed by atoms with Crippen molar-refractivity contribution in [1.29, 1.82) is 0 Å². The minimum atomic E-state index is -0.250. The second kappa shape index (κ2) is 4.70. The van der Waals surface area contributed by atoms with E-state index in [4.69, 9.17) is 9.90 Å². The molecule has 2 heterocycles. The maximum Gasteiger partial charge on any atom is 0.290 e. The zero-order valence-electron chi connectivity index (χ0n) is 7.04. The van der Waals surface area contributed by atoms with E-state index in [1.54, 1.807) is 18.6 Å². The van der Waals surface area contributed by atoms with Gasteiger partial charge in [-0.05, 0) is 0 Å². The van der Waals surface area contributed by atoms with Crippen molar-refractivity contribution in [2.75, 3.05) is 0 Å². The summed E-state index contributed by atoms with van der Waals surface area (Å²) in [5.41, 5.74) is -0.120. The van der Waals surface area contributed by atoms with E-state index in [1.165, 1.54) is 6.07 Å². The fraction of sp³-hybridized carbons (Fsp3) is 0. The average molecular weight is 193 g/mol. The summed E-state index contributed by atoms with van der Waals surface area (Å²) in [4.78, 5) is 21.7. The maximum absolute atomic E-state index is 10.8. The quantitative estimate of drug-likeness (QED) is 0.575. The molecule has 0 aliphatic rings. The maximum atomic E-state index is 10.8. The number of hydrogen-bond donors (Lipinski definition) is 2. The molecule has 2 rings (SSSR count). The van der Waals surface area contributed by atoms with Crippen molar-refractivity contribution in [1.82, 2.24) is 15.2 Å². The lowest BCUT2D eigenvalue weighted by molar-refractivity contribution is -0.122. The SMILES string of the molecule is O=CO.O=c1cc2cnncc2c[nH]1. The molecule has 14 heavy (non-hydrogen) atoms. The summed E-state index contributed by atoms with van der Waals surface area (Å²) >= 11 is 0. The molecule has 0 bridgehead atoms. The predicted octanol–water partition coefficient (Wildman–Crippen LogP) is 0.0189. The van der Waals surface area contributed by atoms with Crippen LogP contribution in [-0.2, 0) is 4.79 Å². The number of carbonyl (C=O) groups is 1. The highest BCUT2D eigenvalue weighted by molar-refractivity contribution is 5.79. The summed E-state index contributed by atoms with van der Waals surface area (Å²) < 4.78 is 0. The van der Waals surface area contributed by atoms with Crippen molar-refractivity contribution in [3.8, 4) is 0 Å². The summed E-state index contributed by atoms with van der Waals surface area (Å²) in [7, 11) is 0. The van der Waals surface area contributed by atoms with Crippen LogP contribution in [-0.4, -0.2) is 26.8 Å². The van der Waals surface area contributed by atoms with Gasteiger partial charge in [0.1, 0.15) is 0 Å². The number of aromatic nitrogens is 3. The highest BCUT2D eigenvalue weighted by Crippen LogP contribution is 2.04. The second-order valence-corrected chi connectivity index (χ2v) is 2.30. The van der Waals surface area contributed by atoms with Crippen molar-refractivity contribution in [3.63, 3.8) is 0 Å². The fourth-order valence-electron chi connectivity index (χ4n) is 0.913. The number of H-pyrrole nitrogens is 1. The number of carboxylic acid groups (broad SMARTS) is 1. The van der Waals surface area contributed by atoms with Gasteiger partial charge in [0.2, 0.25) is 5.56 Å². The van der Waals surface area contributed by atoms with E-state index >= 15 is 0 Å². The van der Waals surface area contributed by atoms with Crippen LogP contribution >= 0.6 is 0 Å². The van der Waals surface area contributed by atoms with E-state index in [-0.39, 0.29) is 12.0 Å². The highest BCUT2D eigenvalue weighted by atomic mass is 16.3. The van der Waals surface area contributed by atoms with Crippen LogP contribution in [0, 0.1) is 0 Å². The first-order chi connectivity index (χ1) is 6.77. The van der Waals surface area contributed by atoms with E-state index in [2.05, 4.69) is 15.2 Å². The predicted molar refractivity (Wildman–Crippen MR) is 48.9 cm³/mol. The molecule has 0 saturated carbocycles. The standard InChI is InChI=1S/C7H5N3O.CH2O2/c11-7-1-5-3-9-10-4-6(5)2-8-7;2-1-3/h1-4H,(H,8,11);1H,(H,2,3). The molecular formula is C8H7N3O3. The zero-order chi connectivity index (χ0) is 10.4. The lowest BCUT2D eigenvalue weighted by Gasteiger charge is -1.90. The Morgan fingerprint density at radius 3 is 2.50 bits per heavy atom. The van der Waals surface area contributed by atoms with E-state index in [9.17, 15) is 4.79 Å². The Labute approximate surface area is 78.2 Å². The zero-order valence-corrected chi connectivity index (χ0v) is 7.04. The van der Waals surface area contributed by atoms with Gasteiger partial charge in [0, 0.05) is 23.0 Å². The van der Waals surface area contributed by atoms with Crippen molar-refractivity contribution < 1.29 is 9.90 Å². The number of fused-ring (bicyclic) bond motifs is 1. The summed E-state index contributed by atoms with van der Waals surface area (Å²) in [6.07, 6.45) is 4.78. The van der Waals surface area contributed by atoms with E-state index in [0.29, 0.717) is 0 Å². The van der Waals surface area contributed by atoms with Gasteiger partial charge in [-0.1, -0.05) is 0 Å². The number of pyridine rings is 1. The van der Waals surface area contributed by atoms with Gasteiger partial charge in [0.05, 0.1) is 12.4 Å². The topological polar surface area (TPSA) is 95.9 Å². The molecule has 0 unspecified atom stereocenters. The third-order valence-corrected chi connectivity index (χ3v) is 1.45. The van der Waals surface area contributed by atoms with Crippen molar-refractivity contribution in [3.05, 3.63) is 35.0 Å². The normalized spacial score (nSPS) is 8.86. The monoisotopic (exact) mass is 193 g/mol. The first-order valence-corrected chi connectivity index (χ1v) is 3.65. The molecule has 0 spiro atoms. The van der Waals surface area contributed by atoms with Crippen LogP contribution in [0.2, 0.25) is 0 Å². The molecule has 2 aromatic rings. The first-order valence-electron chi connectivity index (χ1n) is 3.65. The van der Waals surface area contributed by atoms with E-state index in [1.807, 2.05) is 0 Å². The Morgan fingerprint density at radius 2 is 1.86 bits per heavy atom. The van der Waals surface area contributed by atoms with Crippen LogP contribution in [0.1, 0.15) is 0 Å². The van der Waals surface area contributed by atoms with Gasteiger partial charge in [-0.3, -0.25) is 9.59 Å². The third kappa shape index (κ3) is 2.37. The van der Waals surface area contributed by atoms with Gasteiger partial charge < -0.3 is 10.1 Å². The number of rotatable bonds is 0. The Kier molecular flexibility index (Phi) is 3.31. The van der Waals surface area contributed by atoms with Crippen molar-refractivity contribution in [2.45, 2.75) is 0 Å². The number of nitrogens with zero attached hydrogens (tertiary/aromatic N) is 2. The Morgan fingerprint density at radius 1 is 1.29 bits per heavy atom. The Hall–Kier alpha value is -2.24. The van der Waals surface area contributed by atoms with E-state index < -0.39 is 0 Å². The minimum Gasteiger partial charge on any atom is -0.483 e. The van der Waals surface area contributed by atoms with Gasteiger partial charge in [0.15, 0.2) is 0 Å². The van der Waals surface area contributed by atoms with Crippen LogP contribution in [0.5, 0.6) is 0 Å². The molecule has 6 nitrogen and oxygen atoms in total. The molecule has 0 aromatic carbocycles. The highest BCUT2D eigenvalue weighted by Gasteiger charge is 1.91. The van der Waals surface area contributed by atoms with Gasteiger partial charge in [-0.15, -0.1) is 0 Å². The molecular weight excluding hydrogens is 186 g/mol. The second-order valence-electron chi connectivity index (χ2n) is 2.30. The molecule has 72 valence electrons. The Balaban J connectivity index is 0.000000293. The summed E-state index contributed by atoms with van der Waals surface area (Å²) in [6, 6.07) is 1.49. The molecule has 0 saturated heterocycles. The van der Waals surface area contributed by atoms with Gasteiger partial charge in [-0.25, -0.2) is 0 Å². The van der Waals surface area contributed by atoms with Gasteiger partial charge in [-0.2, -0.15) is 10.2 Å². The van der Waals surface area contributed by atoms with E-state index in [0.717, 1.165) is 10.8 Å².